The second kappa shape index (κ2) is 8.69. The molecular formula is C19H18ClN3O2S. The van der Waals surface area contributed by atoms with Crippen LogP contribution in [0.5, 0.6) is 0 Å². The summed E-state index contributed by atoms with van der Waals surface area (Å²) < 4.78 is 1.89. The van der Waals surface area contributed by atoms with E-state index in [0.29, 0.717) is 35.7 Å². The lowest BCUT2D eigenvalue weighted by Crippen LogP contribution is -2.25. The summed E-state index contributed by atoms with van der Waals surface area (Å²) >= 11 is 7.56. The average Bonchev–Trinajstić information content (AvgIpc) is 3.33. The topological polar surface area (TPSA) is 63.1 Å². The summed E-state index contributed by atoms with van der Waals surface area (Å²) in [6.07, 6.45) is 4.66. The molecule has 0 spiro atoms. The van der Waals surface area contributed by atoms with E-state index in [-0.39, 0.29) is 11.8 Å². The predicted octanol–water partition coefficient (Wildman–Crippen LogP) is 4.34. The van der Waals surface area contributed by atoms with E-state index in [1.54, 1.807) is 29.6 Å². The Hall–Kier alpha value is -2.57. The van der Waals surface area contributed by atoms with Gasteiger partial charge in [-0.3, -0.25) is 9.59 Å². The number of benzene rings is 1. The molecule has 2 aromatic heterocycles. The molecule has 0 aliphatic heterocycles. The van der Waals surface area contributed by atoms with Gasteiger partial charge in [-0.2, -0.15) is 11.3 Å². The maximum atomic E-state index is 12.2. The van der Waals surface area contributed by atoms with Gasteiger partial charge in [-0.25, -0.2) is 0 Å². The standard InChI is InChI=1S/C19H18ClN3O2S/c20-15-5-6-16(17(12-15)23-9-1-2-10-23)22-18(24)4-3-8-21-19(25)14-7-11-26-13-14/h1-2,5-7,9-13H,3-4,8H2,(H,21,25)(H,22,24). The smallest absolute Gasteiger partial charge is 0.252 e. The molecule has 2 N–H and O–H groups in total. The maximum Gasteiger partial charge on any atom is 0.252 e. The third-order valence-electron chi connectivity index (χ3n) is 3.77. The van der Waals surface area contributed by atoms with Crippen LogP contribution in [0.15, 0.2) is 59.6 Å². The van der Waals surface area contributed by atoms with Gasteiger partial charge in [0.05, 0.1) is 11.4 Å². The fourth-order valence-electron chi connectivity index (χ4n) is 2.48. The van der Waals surface area contributed by atoms with E-state index in [1.807, 2.05) is 34.5 Å². The molecule has 1 aromatic carbocycles. The van der Waals surface area contributed by atoms with Crippen molar-refractivity contribution in [2.75, 3.05) is 11.9 Å². The molecule has 0 radical (unpaired) electrons. The highest BCUT2D eigenvalue weighted by molar-refractivity contribution is 7.08. The van der Waals surface area contributed by atoms with Crippen molar-refractivity contribution >= 4 is 40.4 Å². The number of carbonyl (C=O) groups excluding carboxylic acids is 2. The van der Waals surface area contributed by atoms with Gasteiger partial charge in [-0.05, 0) is 48.2 Å². The Labute approximate surface area is 160 Å². The molecule has 0 aliphatic rings. The van der Waals surface area contributed by atoms with E-state index in [4.69, 9.17) is 11.6 Å². The molecule has 3 rings (SSSR count). The molecule has 0 fully saturated rings. The van der Waals surface area contributed by atoms with E-state index in [9.17, 15) is 9.59 Å². The largest absolute Gasteiger partial charge is 0.352 e. The number of amides is 2. The maximum absolute atomic E-state index is 12.2. The van der Waals surface area contributed by atoms with Crippen molar-refractivity contribution in [2.24, 2.45) is 0 Å². The molecule has 0 bridgehead atoms. The van der Waals surface area contributed by atoms with Gasteiger partial charge in [0.25, 0.3) is 5.91 Å². The van der Waals surface area contributed by atoms with E-state index in [1.165, 1.54) is 11.3 Å². The van der Waals surface area contributed by atoms with Crippen molar-refractivity contribution in [1.29, 1.82) is 0 Å². The Morgan fingerprint density at radius 2 is 1.96 bits per heavy atom. The molecule has 134 valence electrons. The van der Waals surface area contributed by atoms with Gasteiger partial charge < -0.3 is 15.2 Å². The monoisotopic (exact) mass is 387 g/mol. The zero-order chi connectivity index (χ0) is 18.4. The van der Waals surface area contributed by atoms with Crippen LogP contribution in [0.1, 0.15) is 23.2 Å². The third kappa shape index (κ3) is 4.74. The quantitative estimate of drug-likeness (QED) is 0.592. The van der Waals surface area contributed by atoms with E-state index in [2.05, 4.69) is 10.6 Å². The van der Waals surface area contributed by atoms with Crippen LogP contribution in [0.3, 0.4) is 0 Å². The summed E-state index contributed by atoms with van der Waals surface area (Å²) in [5, 5.41) is 9.98. The number of rotatable bonds is 7. The van der Waals surface area contributed by atoms with Crippen molar-refractivity contribution in [2.45, 2.75) is 12.8 Å². The molecule has 0 saturated heterocycles. The first-order chi connectivity index (χ1) is 12.6. The third-order valence-corrected chi connectivity index (χ3v) is 4.68. The van der Waals surface area contributed by atoms with E-state index in [0.717, 1.165) is 5.69 Å². The van der Waals surface area contributed by atoms with Gasteiger partial charge in [0.2, 0.25) is 5.91 Å². The zero-order valence-electron chi connectivity index (χ0n) is 13.9. The van der Waals surface area contributed by atoms with Crippen LogP contribution >= 0.6 is 22.9 Å². The van der Waals surface area contributed by atoms with Crippen molar-refractivity contribution in [1.82, 2.24) is 9.88 Å². The van der Waals surface area contributed by atoms with Gasteiger partial charge in [0.15, 0.2) is 0 Å². The lowest BCUT2D eigenvalue weighted by Gasteiger charge is -2.13. The number of hydrogen-bond donors (Lipinski definition) is 2. The Bertz CT molecular complexity index is 876. The van der Waals surface area contributed by atoms with Crippen LogP contribution in [0.25, 0.3) is 5.69 Å². The molecule has 7 heteroatoms. The van der Waals surface area contributed by atoms with Crippen LogP contribution in [0.2, 0.25) is 5.02 Å². The second-order valence-electron chi connectivity index (χ2n) is 5.67. The molecule has 2 amide bonds. The summed E-state index contributed by atoms with van der Waals surface area (Å²) in [6, 6.07) is 10.9. The zero-order valence-corrected chi connectivity index (χ0v) is 15.5. The molecule has 5 nitrogen and oxygen atoms in total. The number of anilines is 1. The predicted molar refractivity (Wildman–Crippen MR) is 105 cm³/mol. The minimum atomic E-state index is -0.112. The molecule has 3 aromatic rings. The number of carbonyl (C=O) groups is 2. The average molecular weight is 388 g/mol. The van der Waals surface area contributed by atoms with Crippen LogP contribution in [-0.4, -0.2) is 22.9 Å². The molecule has 0 unspecified atom stereocenters. The summed E-state index contributed by atoms with van der Waals surface area (Å²) in [5.74, 6) is -0.218. The number of hydrogen-bond acceptors (Lipinski definition) is 3. The SMILES string of the molecule is O=C(CCCNC(=O)c1ccsc1)Nc1ccc(Cl)cc1-n1cccc1. The first kappa shape index (κ1) is 18.2. The number of nitrogens with zero attached hydrogens (tertiary/aromatic N) is 1. The minimum Gasteiger partial charge on any atom is -0.352 e. The lowest BCUT2D eigenvalue weighted by molar-refractivity contribution is -0.116. The summed E-state index contributed by atoms with van der Waals surface area (Å²) in [6.45, 7) is 0.452. The Morgan fingerprint density at radius 3 is 2.69 bits per heavy atom. The first-order valence-electron chi connectivity index (χ1n) is 8.16. The summed E-state index contributed by atoms with van der Waals surface area (Å²) in [4.78, 5) is 24.1. The van der Waals surface area contributed by atoms with Crippen molar-refractivity contribution < 1.29 is 9.59 Å². The fraction of sp³-hybridized carbons (Fsp3) is 0.158. The number of nitrogens with one attached hydrogen (secondary N) is 2. The van der Waals surface area contributed by atoms with Gasteiger partial charge in [-0.1, -0.05) is 11.6 Å². The lowest BCUT2D eigenvalue weighted by atomic mass is 10.2. The van der Waals surface area contributed by atoms with Crippen molar-refractivity contribution in [3.05, 3.63) is 70.1 Å². The molecule has 26 heavy (non-hydrogen) atoms. The van der Waals surface area contributed by atoms with Gasteiger partial charge in [-0.15, -0.1) is 0 Å². The highest BCUT2D eigenvalue weighted by Gasteiger charge is 2.10. The number of thiophene rings is 1. The first-order valence-corrected chi connectivity index (χ1v) is 9.49. The van der Waals surface area contributed by atoms with Gasteiger partial charge in [0.1, 0.15) is 0 Å². The van der Waals surface area contributed by atoms with E-state index < -0.39 is 0 Å². The summed E-state index contributed by atoms with van der Waals surface area (Å²) in [5.41, 5.74) is 2.15. The molecule has 0 atom stereocenters. The van der Waals surface area contributed by atoms with Gasteiger partial charge >= 0.3 is 0 Å². The van der Waals surface area contributed by atoms with Crippen molar-refractivity contribution in [3.8, 4) is 5.69 Å². The summed E-state index contributed by atoms with van der Waals surface area (Å²) in [7, 11) is 0. The molecular weight excluding hydrogens is 370 g/mol. The second-order valence-corrected chi connectivity index (χ2v) is 6.89. The normalized spacial score (nSPS) is 10.5. The fourth-order valence-corrected chi connectivity index (χ4v) is 3.28. The molecule has 2 heterocycles. The van der Waals surface area contributed by atoms with Crippen LogP contribution < -0.4 is 10.6 Å². The van der Waals surface area contributed by atoms with Crippen molar-refractivity contribution in [3.63, 3.8) is 0 Å². The Kier molecular flexibility index (Phi) is 6.09. The number of aromatic nitrogens is 1. The highest BCUT2D eigenvalue weighted by Crippen LogP contribution is 2.24. The molecule has 0 aliphatic carbocycles. The van der Waals surface area contributed by atoms with Crippen LogP contribution in [0.4, 0.5) is 5.69 Å². The number of halogens is 1. The van der Waals surface area contributed by atoms with Crippen LogP contribution in [0, 0.1) is 0 Å². The highest BCUT2D eigenvalue weighted by atomic mass is 35.5. The van der Waals surface area contributed by atoms with Gasteiger partial charge in [0, 0.05) is 41.3 Å². The van der Waals surface area contributed by atoms with Crippen LogP contribution in [-0.2, 0) is 4.79 Å². The molecule has 0 saturated carbocycles. The Morgan fingerprint density at radius 1 is 1.15 bits per heavy atom. The van der Waals surface area contributed by atoms with E-state index >= 15 is 0 Å². The minimum absolute atomic E-state index is 0.106. The Balaban J connectivity index is 1.52.